The molecule has 7 heteroatoms. The van der Waals surface area contributed by atoms with E-state index >= 15 is 0 Å². The molecule has 1 heterocycles. The second-order valence-electron chi connectivity index (χ2n) is 6.23. The van der Waals surface area contributed by atoms with Gasteiger partial charge in [-0.1, -0.05) is 12.1 Å². The van der Waals surface area contributed by atoms with Gasteiger partial charge in [-0.3, -0.25) is 19.2 Å². The van der Waals surface area contributed by atoms with Gasteiger partial charge in [0.1, 0.15) is 11.5 Å². The Balaban J connectivity index is 2.26. The van der Waals surface area contributed by atoms with E-state index in [1.165, 1.54) is 36.4 Å². The predicted molar refractivity (Wildman–Crippen MR) is 105 cm³/mol. The third kappa shape index (κ3) is 1.78. The molecule has 0 aliphatic rings. The fourth-order valence-electron chi connectivity index (χ4n) is 3.61. The Kier molecular flexibility index (Phi) is 2.89. The third-order valence-electron chi connectivity index (χ3n) is 4.80. The maximum absolute atomic E-state index is 13.0. The van der Waals surface area contributed by atoms with Gasteiger partial charge in [0.15, 0.2) is 10.9 Å². The highest BCUT2D eigenvalue weighted by atomic mass is 32.1. The van der Waals surface area contributed by atoms with E-state index in [9.17, 15) is 29.4 Å². The third-order valence-corrected chi connectivity index (χ3v) is 5.99. The number of fused-ring (bicyclic) bond motifs is 5. The number of thiophene rings is 1. The molecular weight excluding hydrogens is 368 g/mol. The van der Waals surface area contributed by atoms with Crippen LogP contribution in [0.3, 0.4) is 0 Å². The van der Waals surface area contributed by atoms with Crippen molar-refractivity contribution in [1.82, 2.24) is 0 Å². The SMILES string of the molecule is O=c1c2cccc(O)c2c(=O)c2c1sc1c(=O)c3cccc(O)c3c(=O)c12. The molecule has 27 heavy (non-hydrogen) atoms. The molecule has 5 rings (SSSR count). The first-order valence-corrected chi connectivity index (χ1v) is 8.73. The van der Waals surface area contributed by atoms with Crippen LogP contribution in [-0.2, 0) is 0 Å². The van der Waals surface area contributed by atoms with Crippen molar-refractivity contribution in [3.8, 4) is 11.5 Å². The van der Waals surface area contributed by atoms with Crippen molar-refractivity contribution < 1.29 is 10.2 Å². The van der Waals surface area contributed by atoms with Gasteiger partial charge in [-0.2, -0.15) is 0 Å². The monoisotopic (exact) mass is 376 g/mol. The van der Waals surface area contributed by atoms with Gasteiger partial charge in [-0.05, 0) is 24.3 Å². The molecule has 0 radical (unpaired) electrons. The van der Waals surface area contributed by atoms with Gasteiger partial charge in [-0.25, -0.2) is 0 Å². The van der Waals surface area contributed by atoms with E-state index < -0.39 is 21.7 Å². The average molecular weight is 376 g/mol. The van der Waals surface area contributed by atoms with E-state index in [0.717, 1.165) is 11.3 Å². The van der Waals surface area contributed by atoms with Crippen LogP contribution < -0.4 is 21.7 Å². The maximum Gasteiger partial charge on any atom is 0.204 e. The van der Waals surface area contributed by atoms with E-state index in [1.807, 2.05) is 0 Å². The van der Waals surface area contributed by atoms with E-state index in [2.05, 4.69) is 0 Å². The molecule has 5 aromatic rings. The summed E-state index contributed by atoms with van der Waals surface area (Å²) < 4.78 is -0.00538. The van der Waals surface area contributed by atoms with Crippen molar-refractivity contribution in [2.24, 2.45) is 0 Å². The van der Waals surface area contributed by atoms with E-state index in [1.54, 1.807) is 0 Å². The summed E-state index contributed by atoms with van der Waals surface area (Å²) in [6.07, 6.45) is 0. The molecule has 0 saturated carbocycles. The smallest absolute Gasteiger partial charge is 0.204 e. The topological polar surface area (TPSA) is 109 Å². The molecule has 2 N–H and O–H groups in total. The average Bonchev–Trinajstić information content (AvgIpc) is 3.05. The first-order chi connectivity index (χ1) is 12.9. The highest BCUT2D eigenvalue weighted by Crippen LogP contribution is 2.31. The molecule has 0 amide bonds. The second-order valence-corrected chi connectivity index (χ2v) is 7.25. The van der Waals surface area contributed by atoms with E-state index in [0.29, 0.717) is 0 Å². The first-order valence-electron chi connectivity index (χ1n) is 7.91. The number of aromatic hydroxyl groups is 2. The minimum atomic E-state index is -0.685. The van der Waals surface area contributed by atoms with Crippen LogP contribution in [0.25, 0.3) is 41.7 Å². The maximum atomic E-state index is 13.0. The summed E-state index contributed by atoms with van der Waals surface area (Å²) in [5.74, 6) is -0.733. The molecular formula is C20H8O6S. The lowest BCUT2D eigenvalue weighted by Gasteiger charge is -2.01. The summed E-state index contributed by atoms with van der Waals surface area (Å²) >= 11 is 0.796. The number of benzene rings is 4. The van der Waals surface area contributed by atoms with Gasteiger partial charge in [0.2, 0.25) is 10.9 Å². The lowest BCUT2D eigenvalue weighted by atomic mass is 10.0. The van der Waals surface area contributed by atoms with Crippen LogP contribution in [0.5, 0.6) is 11.5 Å². The Morgan fingerprint density at radius 2 is 0.963 bits per heavy atom. The van der Waals surface area contributed by atoms with Crippen LogP contribution in [0.15, 0.2) is 55.6 Å². The standard InChI is InChI=1S/C20H8O6S/c21-9-5-1-3-7-11(9)17(25)13-14-18(26)12-8(4-2-6-10(12)22)16(24)20(14)27-19(13)15(7)23/h1-6,21-22H. The Labute approximate surface area is 152 Å². The Bertz CT molecular complexity index is 1550. The quantitative estimate of drug-likeness (QED) is 0.428. The minimum absolute atomic E-state index is 0.00269. The van der Waals surface area contributed by atoms with Crippen LogP contribution in [0.4, 0.5) is 0 Å². The summed E-state index contributed by atoms with van der Waals surface area (Å²) in [4.78, 5) is 51.8. The van der Waals surface area contributed by atoms with Crippen molar-refractivity contribution in [2.45, 2.75) is 0 Å². The van der Waals surface area contributed by atoms with Crippen LogP contribution in [0.2, 0.25) is 0 Å². The molecule has 0 aliphatic carbocycles. The molecule has 4 aromatic carbocycles. The normalized spacial score (nSPS) is 11.9. The lowest BCUT2D eigenvalue weighted by molar-refractivity contribution is 0.481. The van der Waals surface area contributed by atoms with Crippen molar-refractivity contribution in [3.63, 3.8) is 0 Å². The van der Waals surface area contributed by atoms with Gasteiger partial charge in [0.05, 0.1) is 30.9 Å². The summed E-state index contributed by atoms with van der Waals surface area (Å²) in [6.45, 7) is 0. The number of hydrogen-bond acceptors (Lipinski definition) is 7. The fourth-order valence-corrected chi connectivity index (χ4v) is 4.82. The molecule has 0 saturated heterocycles. The van der Waals surface area contributed by atoms with Crippen molar-refractivity contribution >= 4 is 53.1 Å². The van der Waals surface area contributed by atoms with Crippen molar-refractivity contribution in [3.05, 3.63) is 77.3 Å². The Morgan fingerprint density at radius 1 is 0.556 bits per heavy atom. The van der Waals surface area contributed by atoms with E-state index in [4.69, 9.17) is 0 Å². The molecule has 130 valence electrons. The number of hydrogen-bond donors (Lipinski definition) is 2. The Morgan fingerprint density at radius 3 is 1.37 bits per heavy atom. The molecule has 0 fully saturated rings. The molecule has 0 unspecified atom stereocenters. The van der Waals surface area contributed by atoms with E-state index in [-0.39, 0.29) is 53.2 Å². The van der Waals surface area contributed by atoms with Gasteiger partial charge in [0.25, 0.3) is 0 Å². The van der Waals surface area contributed by atoms with Crippen molar-refractivity contribution in [2.75, 3.05) is 0 Å². The van der Waals surface area contributed by atoms with Crippen LogP contribution in [-0.4, -0.2) is 10.2 Å². The minimum Gasteiger partial charge on any atom is -0.507 e. The van der Waals surface area contributed by atoms with Gasteiger partial charge < -0.3 is 10.2 Å². The first kappa shape index (κ1) is 15.7. The van der Waals surface area contributed by atoms with Gasteiger partial charge >= 0.3 is 0 Å². The summed E-state index contributed by atoms with van der Waals surface area (Å²) in [5.41, 5.74) is -2.42. The summed E-state index contributed by atoms with van der Waals surface area (Å²) in [7, 11) is 0. The zero-order chi connectivity index (χ0) is 19.0. The molecule has 0 bridgehead atoms. The highest BCUT2D eigenvalue weighted by molar-refractivity contribution is 7.25. The molecule has 0 spiro atoms. The Hall–Kier alpha value is -3.58. The van der Waals surface area contributed by atoms with Crippen LogP contribution in [0, 0.1) is 0 Å². The zero-order valence-electron chi connectivity index (χ0n) is 13.4. The van der Waals surface area contributed by atoms with Crippen molar-refractivity contribution in [1.29, 1.82) is 0 Å². The highest BCUT2D eigenvalue weighted by Gasteiger charge is 2.23. The molecule has 0 aliphatic heterocycles. The lowest BCUT2D eigenvalue weighted by Crippen LogP contribution is -2.15. The number of phenolic OH excluding ortho intramolecular Hbond substituents is 2. The van der Waals surface area contributed by atoms with Crippen LogP contribution >= 0.6 is 11.3 Å². The largest absolute Gasteiger partial charge is 0.507 e. The fraction of sp³-hybridized carbons (Fsp3) is 0. The summed E-state index contributed by atoms with van der Waals surface area (Å²) in [6, 6.07) is 8.29. The van der Waals surface area contributed by atoms with Gasteiger partial charge in [-0.15, -0.1) is 11.3 Å². The van der Waals surface area contributed by atoms with Gasteiger partial charge in [0, 0.05) is 10.8 Å². The molecule has 6 nitrogen and oxygen atoms in total. The molecule has 1 aromatic heterocycles. The second kappa shape index (κ2) is 4.99. The summed E-state index contributed by atoms with van der Waals surface area (Å²) in [5, 5.41) is 19.5. The number of phenols is 2. The number of rotatable bonds is 0. The van der Waals surface area contributed by atoms with Crippen LogP contribution in [0.1, 0.15) is 0 Å². The predicted octanol–water partition coefficient (Wildman–Crippen LogP) is 2.09. The molecule has 0 atom stereocenters. The zero-order valence-corrected chi connectivity index (χ0v) is 14.2.